The zero-order valence-electron chi connectivity index (χ0n) is 17.6. The lowest BCUT2D eigenvalue weighted by atomic mass is 9.82. The molecule has 0 fully saturated rings. The summed E-state index contributed by atoms with van der Waals surface area (Å²) in [5.74, 6) is 0.792. The largest absolute Gasteiger partial charge is 0.494 e. The monoisotopic (exact) mass is 486 g/mol. The fourth-order valence-corrected chi connectivity index (χ4v) is 3.90. The van der Waals surface area contributed by atoms with E-state index in [0.29, 0.717) is 24.6 Å². The third-order valence-electron chi connectivity index (χ3n) is 5.23. The van der Waals surface area contributed by atoms with Crippen LogP contribution in [0.1, 0.15) is 45.6 Å². The molecule has 0 radical (unpaired) electrons. The number of benzene rings is 2. The van der Waals surface area contributed by atoms with E-state index in [9.17, 15) is 4.79 Å². The minimum absolute atomic E-state index is 0.0460. The maximum atomic E-state index is 12.2. The Hall–Kier alpha value is -2.18. The molecule has 0 spiro atoms. The van der Waals surface area contributed by atoms with Crippen molar-refractivity contribution >= 4 is 38.3 Å². The van der Waals surface area contributed by atoms with Gasteiger partial charge in [-0.25, -0.2) is 4.98 Å². The number of thiazole rings is 1. The lowest BCUT2D eigenvalue weighted by molar-refractivity contribution is -0.116. The molecule has 2 aromatic carbocycles. The predicted molar refractivity (Wildman–Crippen MR) is 128 cm³/mol. The predicted octanol–water partition coefficient (Wildman–Crippen LogP) is 7.06. The Morgan fingerprint density at radius 3 is 2.50 bits per heavy atom. The topological polar surface area (TPSA) is 51.2 Å². The van der Waals surface area contributed by atoms with Gasteiger partial charge in [0.2, 0.25) is 5.91 Å². The van der Waals surface area contributed by atoms with Gasteiger partial charge in [0.15, 0.2) is 5.13 Å². The van der Waals surface area contributed by atoms with Crippen LogP contribution in [0.3, 0.4) is 0 Å². The highest BCUT2D eigenvalue weighted by atomic mass is 79.9. The molecule has 30 heavy (non-hydrogen) atoms. The summed E-state index contributed by atoms with van der Waals surface area (Å²) in [4.78, 5) is 16.7. The van der Waals surface area contributed by atoms with E-state index in [0.717, 1.165) is 27.9 Å². The Labute approximate surface area is 190 Å². The van der Waals surface area contributed by atoms with E-state index < -0.39 is 0 Å². The van der Waals surface area contributed by atoms with Gasteiger partial charge in [0, 0.05) is 21.8 Å². The average Bonchev–Trinajstić information content (AvgIpc) is 3.20. The van der Waals surface area contributed by atoms with Crippen LogP contribution in [-0.4, -0.2) is 17.5 Å². The first kappa shape index (κ1) is 22.5. The Balaban J connectivity index is 1.42. The summed E-state index contributed by atoms with van der Waals surface area (Å²) in [6.07, 6.45) is 2.14. The molecule has 6 heteroatoms. The van der Waals surface area contributed by atoms with Crippen LogP contribution in [0.25, 0.3) is 11.3 Å². The fraction of sp³-hybridized carbons (Fsp3) is 0.333. The molecular weight excluding hydrogens is 460 g/mol. The van der Waals surface area contributed by atoms with E-state index in [1.165, 1.54) is 16.9 Å². The van der Waals surface area contributed by atoms with Gasteiger partial charge in [0.1, 0.15) is 5.75 Å². The summed E-state index contributed by atoms with van der Waals surface area (Å²) in [5, 5.41) is 5.44. The van der Waals surface area contributed by atoms with E-state index in [-0.39, 0.29) is 11.3 Å². The van der Waals surface area contributed by atoms with Crippen molar-refractivity contribution in [2.75, 3.05) is 11.9 Å². The third kappa shape index (κ3) is 6.16. The standard InChI is InChI=1S/C24H27BrN2O2S/c1-4-24(2,3)18-9-13-20(14-10-18)29-15-5-6-22(28)27-23-26-21(16-30-23)17-7-11-19(25)12-8-17/h7-14,16H,4-6,15H2,1-3H3,(H,26,27,28). The van der Waals surface area contributed by atoms with Crippen molar-refractivity contribution in [1.29, 1.82) is 0 Å². The number of hydrogen-bond donors (Lipinski definition) is 1. The lowest BCUT2D eigenvalue weighted by Crippen LogP contribution is -2.15. The van der Waals surface area contributed by atoms with Crippen molar-refractivity contribution in [1.82, 2.24) is 4.98 Å². The van der Waals surface area contributed by atoms with Crippen molar-refractivity contribution in [2.45, 2.75) is 45.4 Å². The number of nitrogens with zero attached hydrogens (tertiary/aromatic N) is 1. The van der Waals surface area contributed by atoms with Gasteiger partial charge in [-0.2, -0.15) is 0 Å². The lowest BCUT2D eigenvalue weighted by Gasteiger charge is -2.23. The minimum Gasteiger partial charge on any atom is -0.494 e. The van der Waals surface area contributed by atoms with Crippen LogP contribution >= 0.6 is 27.3 Å². The van der Waals surface area contributed by atoms with Crippen molar-refractivity contribution < 1.29 is 9.53 Å². The van der Waals surface area contributed by atoms with Gasteiger partial charge in [-0.3, -0.25) is 4.79 Å². The molecule has 1 aromatic heterocycles. The summed E-state index contributed by atoms with van der Waals surface area (Å²) < 4.78 is 6.81. The molecular formula is C24H27BrN2O2S. The van der Waals surface area contributed by atoms with Gasteiger partial charge < -0.3 is 10.1 Å². The van der Waals surface area contributed by atoms with Crippen LogP contribution in [0.5, 0.6) is 5.75 Å². The molecule has 1 heterocycles. The normalized spacial score (nSPS) is 11.3. The zero-order chi connectivity index (χ0) is 21.6. The molecule has 0 aliphatic heterocycles. The van der Waals surface area contributed by atoms with E-state index in [1.807, 2.05) is 41.8 Å². The highest BCUT2D eigenvalue weighted by molar-refractivity contribution is 9.10. The van der Waals surface area contributed by atoms with Crippen LogP contribution in [0.2, 0.25) is 0 Å². The van der Waals surface area contributed by atoms with Gasteiger partial charge in [0.05, 0.1) is 12.3 Å². The van der Waals surface area contributed by atoms with Gasteiger partial charge in [-0.1, -0.05) is 61.0 Å². The number of nitrogens with one attached hydrogen (secondary N) is 1. The molecule has 0 aliphatic carbocycles. The molecule has 0 saturated carbocycles. The van der Waals surface area contributed by atoms with Crippen LogP contribution in [0.4, 0.5) is 5.13 Å². The number of hydrogen-bond acceptors (Lipinski definition) is 4. The minimum atomic E-state index is -0.0460. The number of halogens is 1. The van der Waals surface area contributed by atoms with Gasteiger partial charge in [-0.15, -0.1) is 11.3 Å². The number of rotatable bonds is 9. The number of carbonyl (C=O) groups is 1. The quantitative estimate of drug-likeness (QED) is 0.329. The summed E-state index contributed by atoms with van der Waals surface area (Å²) in [5.41, 5.74) is 3.36. The molecule has 0 unspecified atom stereocenters. The number of carbonyl (C=O) groups excluding carboxylic acids is 1. The van der Waals surface area contributed by atoms with Crippen LogP contribution in [-0.2, 0) is 10.2 Å². The van der Waals surface area contributed by atoms with Crippen molar-refractivity contribution in [3.8, 4) is 17.0 Å². The van der Waals surface area contributed by atoms with Crippen LogP contribution in [0, 0.1) is 0 Å². The average molecular weight is 487 g/mol. The van der Waals surface area contributed by atoms with Crippen LogP contribution < -0.4 is 10.1 Å². The van der Waals surface area contributed by atoms with Crippen molar-refractivity contribution in [3.63, 3.8) is 0 Å². The number of amides is 1. The second kappa shape index (κ2) is 10.2. The van der Waals surface area contributed by atoms with E-state index in [2.05, 4.69) is 59.1 Å². The Morgan fingerprint density at radius 1 is 1.13 bits per heavy atom. The first-order chi connectivity index (χ1) is 14.4. The molecule has 1 amide bonds. The first-order valence-electron chi connectivity index (χ1n) is 10.1. The van der Waals surface area contributed by atoms with E-state index in [1.54, 1.807) is 0 Å². The van der Waals surface area contributed by atoms with Gasteiger partial charge in [-0.05, 0) is 48.1 Å². The summed E-state index contributed by atoms with van der Waals surface area (Å²) >= 11 is 4.86. The van der Waals surface area contributed by atoms with Gasteiger partial charge >= 0.3 is 0 Å². The first-order valence-corrected chi connectivity index (χ1v) is 11.8. The maximum absolute atomic E-state index is 12.2. The molecule has 3 rings (SSSR count). The summed E-state index contributed by atoms with van der Waals surface area (Å²) in [6.45, 7) is 7.19. The maximum Gasteiger partial charge on any atom is 0.226 e. The molecule has 0 saturated heterocycles. The second-order valence-electron chi connectivity index (χ2n) is 7.81. The highest BCUT2D eigenvalue weighted by Crippen LogP contribution is 2.28. The number of aromatic nitrogens is 1. The molecule has 0 bridgehead atoms. The van der Waals surface area contributed by atoms with E-state index >= 15 is 0 Å². The number of ether oxygens (including phenoxy) is 1. The summed E-state index contributed by atoms with van der Waals surface area (Å²) in [6, 6.07) is 16.2. The molecule has 0 aliphatic rings. The molecule has 0 atom stereocenters. The van der Waals surface area contributed by atoms with E-state index in [4.69, 9.17) is 4.74 Å². The van der Waals surface area contributed by atoms with Crippen molar-refractivity contribution in [2.24, 2.45) is 0 Å². The van der Waals surface area contributed by atoms with Crippen LogP contribution in [0.15, 0.2) is 58.4 Å². The molecule has 3 aromatic rings. The Bertz CT molecular complexity index is 966. The molecule has 158 valence electrons. The zero-order valence-corrected chi connectivity index (χ0v) is 20.0. The molecule has 4 nitrogen and oxygen atoms in total. The second-order valence-corrected chi connectivity index (χ2v) is 9.58. The number of anilines is 1. The molecule has 1 N–H and O–H groups in total. The smallest absolute Gasteiger partial charge is 0.226 e. The van der Waals surface area contributed by atoms with Gasteiger partial charge in [0.25, 0.3) is 0 Å². The fourth-order valence-electron chi connectivity index (χ4n) is 2.90. The Kier molecular flexibility index (Phi) is 7.67. The third-order valence-corrected chi connectivity index (χ3v) is 6.51. The van der Waals surface area contributed by atoms with Crippen molar-refractivity contribution in [3.05, 3.63) is 63.9 Å². The Morgan fingerprint density at radius 2 is 1.83 bits per heavy atom. The summed E-state index contributed by atoms with van der Waals surface area (Å²) in [7, 11) is 0. The SMILES string of the molecule is CCC(C)(C)c1ccc(OCCCC(=O)Nc2nc(-c3ccc(Br)cc3)cs2)cc1. The highest BCUT2D eigenvalue weighted by Gasteiger charge is 2.17.